The summed E-state index contributed by atoms with van der Waals surface area (Å²) in [5.74, 6) is 0.267. The van der Waals surface area contributed by atoms with Crippen LogP contribution in [0.15, 0.2) is 0 Å². The van der Waals surface area contributed by atoms with Crippen LogP contribution in [0.1, 0.15) is 52.4 Å². The van der Waals surface area contributed by atoms with Crippen LogP contribution in [-0.2, 0) is 14.3 Å². The summed E-state index contributed by atoms with van der Waals surface area (Å²) in [6.45, 7) is 5.32. The van der Waals surface area contributed by atoms with Crippen LogP contribution in [0.3, 0.4) is 0 Å². The molecule has 0 aliphatic carbocycles. The number of nitrogens with one attached hydrogen (secondary N) is 1. The average molecular weight is 272 g/mol. The van der Waals surface area contributed by atoms with Gasteiger partial charge in [-0.3, -0.25) is 9.59 Å². The van der Waals surface area contributed by atoms with E-state index in [2.05, 4.69) is 12.2 Å². The van der Waals surface area contributed by atoms with E-state index in [0.717, 1.165) is 25.7 Å². The topological polar surface area (TPSA) is 81.4 Å². The molecule has 0 aliphatic rings. The van der Waals surface area contributed by atoms with E-state index in [0.29, 0.717) is 32.0 Å². The molecule has 19 heavy (non-hydrogen) atoms. The molecule has 5 heteroatoms. The van der Waals surface area contributed by atoms with Gasteiger partial charge in [0.05, 0.1) is 13.0 Å². The fourth-order valence-electron chi connectivity index (χ4n) is 2.04. The zero-order valence-corrected chi connectivity index (χ0v) is 12.2. The molecular formula is C14H28N2O3. The molecule has 0 fully saturated rings. The minimum atomic E-state index is -0.269. The van der Waals surface area contributed by atoms with E-state index in [4.69, 9.17) is 10.5 Å². The maximum absolute atomic E-state index is 11.6. The number of amides is 1. The first-order valence-corrected chi connectivity index (χ1v) is 7.26. The van der Waals surface area contributed by atoms with E-state index >= 15 is 0 Å². The molecule has 5 nitrogen and oxygen atoms in total. The number of rotatable bonds is 11. The second kappa shape index (κ2) is 12.0. The highest BCUT2D eigenvalue weighted by atomic mass is 16.5. The summed E-state index contributed by atoms with van der Waals surface area (Å²) in [6, 6.07) is 0. The van der Waals surface area contributed by atoms with Gasteiger partial charge in [-0.25, -0.2) is 0 Å². The number of carbonyl (C=O) groups is 2. The lowest BCUT2D eigenvalue weighted by Crippen LogP contribution is -2.27. The highest BCUT2D eigenvalue weighted by Gasteiger charge is 2.10. The number of carbonyl (C=O) groups excluding carboxylic acids is 2. The van der Waals surface area contributed by atoms with Gasteiger partial charge < -0.3 is 15.8 Å². The van der Waals surface area contributed by atoms with E-state index in [-0.39, 0.29) is 18.3 Å². The Kier molecular flexibility index (Phi) is 11.3. The van der Waals surface area contributed by atoms with E-state index in [1.54, 1.807) is 6.92 Å². The maximum Gasteiger partial charge on any atom is 0.307 e. The first-order chi connectivity index (χ1) is 9.13. The fourth-order valence-corrected chi connectivity index (χ4v) is 2.04. The molecule has 1 amide bonds. The molecule has 1 unspecified atom stereocenters. The van der Waals surface area contributed by atoms with Crippen LogP contribution in [0.5, 0.6) is 0 Å². The van der Waals surface area contributed by atoms with Crippen molar-refractivity contribution < 1.29 is 14.3 Å². The number of hydrogen-bond donors (Lipinski definition) is 2. The second-order valence-corrected chi connectivity index (χ2v) is 4.68. The van der Waals surface area contributed by atoms with Crippen LogP contribution in [0.2, 0.25) is 0 Å². The first kappa shape index (κ1) is 17.9. The van der Waals surface area contributed by atoms with Crippen molar-refractivity contribution in [3.8, 4) is 0 Å². The molecule has 0 rings (SSSR count). The predicted molar refractivity (Wildman–Crippen MR) is 75.6 cm³/mol. The van der Waals surface area contributed by atoms with Crippen molar-refractivity contribution in [2.24, 2.45) is 11.7 Å². The number of ether oxygens (including phenoxy) is 1. The zero-order chi connectivity index (χ0) is 14.5. The Bertz CT molecular complexity index is 251. The van der Waals surface area contributed by atoms with Crippen molar-refractivity contribution in [1.29, 1.82) is 0 Å². The third-order valence-corrected chi connectivity index (χ3v) is 3.01. The van der Waals surface area contributed by atoms with Crippen LogP contribution in [0.25, 0.3) is 0 Å². The first-order valence-electron chi connectivity index (χ1n) is 7.26. The number of esters is 1. The summed E-state index contributed by atoms with van der Waals surface area (Å²) in [7, 11) is 0. The Hall–Kier alpha value is -1.10. The van der Waals surface area contributed by atoms with Crippen LogP contribution >= 0.6 is 0 Å². The smallest absolute Gasteiger partial charge is 0.307 e. The molecule has 0 heterocycles. The van der Waals surface area contributed by atoms with Crippen molar-refractivity contribution in [3.63, 3.8) is 0 Å². The summed E-state index contributed by atoms with van der Waals surface area (Å²) >= 11 is 0. The van der Waals surface area contributed by atoms with Crippen LogP contribution in [-0.4, -0.2) is 31.6 Å². The second-order valence-electron chi connectivity index (χ2n) is 4.68. The largest absolute Gasteiger partial charge is 0.466 e. The van der Waals surface area contributed by atoms with E-state index in [9.17, 15) is 9.59 Å². The third kappa shape index (κ3) is 10.5. The summed E-state index contributed by atoms with van der Waals surface area (Å²) in [5, 5.41) is 2.74. The molecule has 0 saturated heterocycles. The fraction of sp³-hybridized carbons (Fsp3) is 0.857. The normalized spacial score (nSPS) is 11.9. The van der Waals surface area contributed by atoms with Crippen molar-refractivity contribution in [2.45, 2.75) is 52.4 Å². The Labute approximate surface area is 116 Å². The Balaban J connectivity index is 3.69. The van der Waals surface area contributed by atoms with Crippen LogP contribution < -0.4 is 11.1 Å². The lowest BCUT2D eigenvalue weighted by molar-refractivity contribution is -0.143. The molecule has 0 radical (unpaired) electrons. The summed E-state index contributed by atoms with van der Waals surface area (Å²) < 4.78 is 4.78. The molecule has 0 bridgehead atoms. The minimum absolute atomic E-state index is 0.00224. The Morgan fingerprint density at radius 3 is 2.47 bits per heavy atom. The number of hydrogen-bond acceptors (Lipinski definition) is 4. The molecule has 0 spiro atoms. The van der Waals surface area contributed by atoms with Gasteiger partial charge in [0, 0.05) is 13.0 Å². The summed E-state index contributed by atoms with van der Waals surface area (Å²) in [6.07, 6.45) is 4.83. The summed E-state index contributed by atoms with van der Waals surface area (Å²) in [4.78, 5) is 22.7. The SMILES string of the molecule is CCCC(CCN)CCC(=O)NCCC(=O)OCC. The van der Waals surface area contributed by atoms with Crippen LogP contribution in [0.4, 0.5) is 0 Å². The van der Waals surface area contributed by atoms with Gasteiger partial charge in [-0.15, -0.1) is 0 Å². The van der Waals surface area contributed by atoms with Crippen LogP contribution in [0, 0.1) is 5.92 Å². The molecule has 1 atom stereocenters. The lowest BCUT2D eigenvalue weighted by Gasteiger charge is -2.14. The average Bonchev–Trinajstić information content (AvgIpc) is 2.37. The molecule has 0 aromatic heterocycles. The van der Waals surface area contributed by atoms with Gasteiger partial charge in [0.1, 0.15) is 0 Å². The van der Waals surface area contributed by atoms with E-state index < -0.39 is 0 Å². The number of nitrogens with two attached hydrogens (primary N) is 1. The molecule has 0 aliphatic heterocycles. The molecule has 3 N–H and O–H groups in total. The van der Waals surface area contributed by atoms with Crippen molar-refractivity contribution in [2.75, 3.05) is 19.7 Å². The van der Waals surface area contributed by atoms with Gasteiger partial charge in [-0.1, -0.05) is 19.8 Å². The van der Waals surface area contributed by atoms with E-state index in [1.165, 1.54) is 0 Å². The van der Waals surface area contributed by atoms with Gasteiger partial charge in [-0.05, 0) is 32.2 Å². The van der Waals surface area contributed by atoms with Gasteiger partial charge in [0.15, 0.2) is 0 Å². The Morgan fingerprint density at radius 2 is 1.89 bits per heavy atom. The maximum atomic E-state index is 11.6. The molecule has 0 aromatic rings. The van der Waals surface area contributed by atoms with Gasteiger partial charge >= 0.3 is 5.97 Å². The van der Waals surface area contributed by atoms with Crippen molar-refractivity contribution in [1.82, 2.24) is 5.32 Å². The van der Waals surface area contributed by atoms with Gasteiger partial charge in [-0.2, -0.15) is 0 Å². The Morgan fingerprint density at radius 1 is 1.16 bits per heavy atom. The van der Waals surface area contributed by atoms with Crippen molar-refractivity contribution >= 4 is 11.9 Å². The molecule has 112 valence electrons. The quantitative estimate of drug-likeness (QED) is 0.560. The molecule has 0 aromatic carbocycles. The van der Waals surface area contributed by atoms with Crippen molar-refractivity contribution in [3.05, 3.63) is 0 Å². The summed E-state index contributed by atoms with van der Waals surface area (Å²) in [5.41, 5.74) is 5.56. The predicted octanol–water partition coefficient (Wildman–Crippen LogP) is 1.60. The minimum Gasteiger partial charge on any atom is -0.466 e. The standard InChI is InChI=1S/C14H28N2O3/c1-3-5-12(8-10-15)6-7-13(17)16-11-9-14(18)19-4-2/h12H,3-11,15H2,1-2H3,(H,16,17). The van der Waals surface area contributed by atoms with Gasteiger partial charge in [0.25, 0.3) is 0 Å². The molecular weight excluding hydrogens is 244 g/mol. The lowest BCUT2D eigenvalue weighted by atomic mass is 9.94. The highest BCUT2D eigenvalue weighted by molar-refractivity contribution is 5.77. The molecule has 0 saturated carbocycles. The third-order valence-electron chi connectivity index (χ3n) is 3.01. The highest BCUT2D eigenvalue weighted by Crippen LogP contribution is 2.16. The monoisotopic (exact) mass is 272 g/mol. The van der Waals surface area contributed by atoms with E-state index in [1.807, 2.05) is 0 Å². The van der Waals surface area contributed by atoms with Gasteiger partial charge in [0.2, 0.25) is 5.91 Å². The zero-order valence-electron chi connectivity index (χ0n) is 12.2.